The highest BCUT2D eigenvalue weighted by molar-refractivity contribution is 5.25. The Morgan fingerprint density at radius 1 is 1.26 bits per heavy atom. The lowest BCUT2D eigenvalue weighted by molar-refractivity contribution is 0.0921. The lowest BCUT2D eigenvalue weighted by atomic mass is 9.88. The van der Waals surface area contributed by atoms with Gasteiger partial charge in [-0.2, -0.15) is 0 Å². The quantitative estimate of drug-likeness (QED) is 0.850. The fourth-order valence-corrected chi connectivity index (χ4v) is 2.89. The summed E-state index contributed by atoms with van der Waals surface area (Å²) in [5, 5.41) is 13.3. The molecule has 0 amide bonds. The van der Waals surface area contributed by atoms with E-state index in [1.165, 1.54) is 18.4 Å². The Kier molecular flexibility index (Phi) is 4.97. The van der Waals surface area contributed by atoms with Crippen molar-refractivity contribution >= 4 is 0 Å². The van der Waals surface area contributed by atoms with Crippen LogP contribution in [0.4, 0.5) is 0 Å². The van der Waals surface area contributed by atoms with Gasteiger partial charge in [-0.1, -0.05) is 37.3 Å². The number of benzene rings is 1. The van der Waals surface area contributed by atoms with Crippen LogP contribution in [0, 0.1) is 5.92 Å². The number of piperidine rings is 1. The van der Waals surface area contributed by atoms with Crippen LogP contribution < -0.4 is 5.32 Å². The lowest BCUT2D eigenvalue weighted by Gasteiger charge is -2.40. The van der Waals surface area contributed by atoms with Gasteiger partial charge in [0.2, 0.25) is 0 Å². The minimum atomic E-state index is -0.345. The van der Waals surface area contributed by atoms with Crippen LogP contribution in [0.3, 0.4) is 0 Å². The fraction of sp³-hybridized carbons (Fsp3) is 0.625. The number of rotatable bonds is 5. The molecule has 3 nitrogen and oxygen atoms in total. The number of nitrogens with one attached hydrogen (secondary N) is 1. The molecule has 0 bridgehead atoms. The summed E-state index contributed by atoms with van der Waals surface area (Å²) in [6.45, 7) is 5.59. The molecule has 2 N–H and O–H groups in total. The fourth-order valence-electron chi connectivity index (χ4n) is 2.89. The first kappa shape index (κ1) is 14.5. The van der Waals surface area contributed by atoms with Crippen LogP contribution in [0.15, 0.2) is 30.3 Å². The standard InChI is InChI=1S/C16H26N2O/c1-14-8-10-18(11-9-14)12-16(13-19,17-2)15-6-4-3-5-7-15/h3-7,14,17,19H,8-13H2,1-2H3. The molecule has 1 aliphatic rings. The highest BCUT2D eigenvalue weighted by Crippen LogP contribution is 2.24. The maximum Gasteiger partial charge on any atom is 0.0795 e. The average Bonchev–Trinajstić information content (AvgIpc) is 2.48. The number of likely N-dealkylation sites (tertiary alicyclic amines) is 1. The van der Waals surface area contributed by atoms with Crippen LogP contribution in [-0.4, -0.2) is 43.3 Å². The van der Waals surface area contributed by atoms with Crippen molar-refractivity contribution in [2.75, 3.05) is 33.3 Å². The number of hydrogen-bond acceptors (Lipinski definition) is 3. The second kappa shape index (κ2) is 6.51. The average molecular weight is 262 g/mol. The molecule has 0 aromatic heterocycles. The monoisotopic (exact) mass is 262 g/mol. The Morgan fingerprint density at radius 2 is 1.89 bits per heavy atom. The van der Waals surface area contributed by atoms with Crippen LogP contribution in [0.1, 0.15) is 25.3 Å². The van der Waals surface area contributed by atoms with Crippen LogP contribution in [0.2, 0.25) is 0 Å². The summed E-state index contributed by atoms with van der Waals surface area (Å²) < 4.78 is 0. The summed E-state index contributed by atoms with van der Waals surface area (Å²) in [5.74, 6) is 0.839. The summed E-state index contributed by atoms with van der Waals surface area (Å²) in [6.07, 6.45) is 2.53. The maximum absolute atomic E-state index is 9.92. The first-order valence-electron chi connectivity index (χ1n) is 7.28. The van der Waals surface area contributed by atoms with Gasteiger partial charge in [0.05, 0.1) is 12.1 Å². The number of aliphatic hydroxyl groups is 1. The number of hydrogen-bond donors (Lipinski definition) is 2. The molecule has 1 unspecified atom stereocenters. The van der Waals surface area contributed by atoms with E-state index in [-0.39, 0.29) is 12.1 Å². The maximum atomic E-state index is 9.92. The zero-order chi connectivity index (χ0) is 13.7. The Hall–Kier alpha value is -0.900. The van der Waals surface area contributed by atoms with E-state index in [1.807, 2.05) is 25.2 Å². The molecule has 1 aromatic rings. The smallest absolute Gasteiger partial charge is 0.0795 e. The lowest BCUT2D eigenvalue weighted by Crippen LogP contribution is -2.53. The van der Waals surface area contributed by atoms with Crippen molar-refractivity contribution in [1.82, 2.24) is 10.2 Å². The van der Waals surface area contributed by atoms with E-state index in [0.29, 0.717) is 0 Å². The Balaban J connectivity index is 2.11. The van der Waals surface area contributed by atoms with Gasteiger partial charge in [-0.05, 0) is 44.5 Å². The van der Waals surface area contributed by atoms with Crippen molar-refractivity contribution in [3.63, 3.8) is 0 Å². The molecule has 1 atom stereocenters. The molecule has 2 rings (SSSR count). The molecule has 0 radical (unpaired) electrons. The summed E-state index contributed by atoms with van der Waals surface area (Å²) >= 11 is 0. The third-order valence-corrected chi connectivity index (χ3v) is 4.44. The molecule has 1 aliphatic heterocycles. The van der Waals surface area contributed by atoms with Crippen molar-refractivity contribution < 1.29 is 5.11 Å². The molecule has 0 spiro atoms. The summed E-state index contributed by atoms with van der Waals surface area (Å²) in [7, 11) is 1.94. The SMILES string of the molecule is CNC(CO)(CN1CCC(C)CC1)c1ccccc1. The van der Waals surface area contributed by atoms with Gasteiger partial charge in [-0.15, -0.1) is 0 Å². The van der Waals surface area contributed by atoms with E-state index >= 15 is 0 Å². The highest BCUT2D eigenvalue weighted by atomic mass is 16.3. The van der Waals surface area contributed by atoms with E-state index in [9.17, 15) is 5.11 Å². The molecule has 0 saturated carbocycles. The minimum Gasteiger partial charge on any atom is -0.394 e. The molecule has 1 aromatic carbocycles. The van der Waals surface area contributed by atoms with Gasteiger partial charge in [-0.3, -0.25) is 0 Å². The van der Waals surface area contributed by atoms with Crippen molar-refractivity contribution in [3.8, 4) is 0 Å². The number of aliphatic hydroxyl groups excluding tert-OH is 1. The van der Waals surface area contributed by atoms with Gasteiger partial charge in [-0.25, -0.2) is 0 Å². The van der Waals surface area contributed by atoms with Crippen molar-refractivity contribution in [3.05, 3.63) is 35.9 Å². The van der Waals surface area contributed by atoms with Crippen LogP contribution in [-0.2, 0) is 5.54 Å². The number of likely N-dealkylation sites (N-methyl/N-ethyl adjacent to an activating group) is 1. The minimum absolute atomic E-state index is 0.125. The summed E-state index contributed by atoms with van der Waals surface area (Å²) in [4.78, 5) is 2.47. The predicted molar refractivity (Wildman–Crippen MR) is 79.1 cm³/mol. The van der Waals surface area contributed by atoms with Crippen molar-refractivity contribution in [1.29, 1.82) is 0 Å². The number of nitrogens with zero attached hydrogens (tertiary/aromatic N) is 1. The molecule has 19 heavy (non-hydrogen) atoms. The normalized spacial score (nSPS) is 21.2. The summed E-state index contributed by atoms with van der Waals surface area (Å²) in [6, 6.07) is 10.3. The topological polar surface area (TPSA) is 35.5 Å². The third-order valence-electron chi connectivity index (χ3n) is 4.44. The molecule has 1 fully saturated rings. The van der Waals surface area contributed by atoms with Gasteiger partial charge >= 0.3 is 0 Å². The molecule has 1 saturated heterocycles. The van der Waals surface area contributed by atoms with Crippen LogP contribution >= 0.6 is 0 Å². The molecule has 1 heterocycles. The Labute approximate surface area is 116 Å². The van der Waals surface area contributed by atoms with Crippen molar-refractivity contribution in [2.24, 2.45) is 5.92 Å². The molecular formula is C16H26N2O. The zero-order valence-corrected chi connectivity index (χ0v) is 12.1. The van der Waals surface area contributed by atoms with Crippen LogP contribution in [0.5, 0.6) is 0 Å². The van der Waals surface area contributed by atoms with E-state index < -0.39 is 0 Å². The van der Waals surface area contributed by atoms with Crippen LogP contribution in [0.25, 0.3) is 0 Å². The van der Waals surface area contributed by atoms with Crippen molar-refractivity contribution in [2.45, 2.75) is 25.3 Å². The largest absolute Gasteiger partial charge is 0.394 e. The molecule has 0 aliphatic carbocycles. The Morgan fingerprint density at radius 3 is 2.42 bits per heavy atom. The van der Waals surface area contributed by atoms with Gasteiger partial charge in [0, 0.05) is 6.54 Å². The summed E-state index contributed by atoms with van der Waals surface area (Å²) in [5.41, 5.74) is 0.820. The Bertz CT molecular complexity index is 368. The second-order valence-electron chi connectivity index (χ2n) is 5.81. The van der Waals surface area contributed by atoms with E-state index in [1.54, 1.807) is 0 Å². The van der Waals surface area contributed by atoms with Gasteiger partial charge in [0.15, 0.2) is 0 Å². The molecule has 3 heteroatoms. The zero-order valence-electron chi connectivity index (χ0n) is 12.1. The highest BCUT2D eigenvalue weighted by Gasteiger charge is 2.32. The van der Waals surface area contributed by atoms with Gasteiger partial charge in [0.25, 0.3) is 0 Å². The van der Waals surface area contributed by atoms with E-state index in [4.69, 9.17) is 0 Å². The third kappa shape index (κ3) is 3.35. The predicted octanol–water partition coefficient (Wildman–Crippen LogP) is 1.83. The first-order chi connectivity index (χ1) is 9.20. The molecule has 106 valence electrons. The first-order valence-corrected chi connectivity index (χ1v) is 7.28. The second-order valence-corrected chi connectivity index (χ2v) is 5.81. The van der Waals surface area contributed by atoms with E-state index in [2.05, 4.69) is 29.3 Å². The van der Waals surface area contributed by atoms with Gasteiger partial charge in [0.1, 0.15) is 0 Å². The van der Waals surface area contributed by atoms with Gasteiger partial charge < -0.3 is 15.3 Å². The van der Waals surface area contributed by atoms with E-state index in [0.717, 1.165) is 25.6 Å². The molecular weight excluding hydrogens is 236 g/mol.